The number of hydrogen-bond acceptors (Lipinski definition) is 4. The van der Waals surface area contributed by atoms with Crippen LogP contribution in [0.4, 0.5) is 0 Å². The number of ether oxygens (including phenoxy) is 2. The molecule has 5 atom stereocenters. The molecule has 98 valence electrons. The van der Waals surface area contributed by atoms with Gasteiger partial charge in [-0.1, -0.05) is 0 Å². The molecule has 1 aliphatic heterocycles. The predicted octanol–water partition coefficient (Wildman–Crippen LogP) is 1.81. The van der Waals surface area contributed by atoms with Crippen molar-refractivity contribution in [2.75, 3.05) is 0 Å². The Labute approximate surface area is 106 Å². The van der Waals surface area contributed by atoms with Crippen molar-refractivity contribution in [3.05, 3.63) is 0 Å². The third-order valence-corrected chi connectivity index (χ3v) is 5.45. The SMILES string of the molecule is CC(=O)OC12CC3CC(C1)[C@H]1OC(=O)CC1(C3)C2. The zero-order chi connectivity index (χ0) is 12.5. The molecule has 0 aromatic carbocycles. The summed E-state index contributed by atoms with van der Waals surface area (Å²) in [5.74, 6) is 0.793. The minimum atomic E-state index is -0.290. The third kappa shape index (κ3) is 1.26. The van der Waals surface area contributed by atoms with Gasteiger partial charge >= 0.3 is 11.9 Å². The van der Waals surface area contributed by atoms with E-state index in [1.165, 1.54) is 6.92 Å². The molecule has 4 unspecified atom stereocenters. The first-order chi connectivity index (χ1) is 8.50. The Hall–Kier alpha value is -1.06. The Morgan fingerprint density at radius 3 is 3.00 bits per heavy atom. The fraction of sp³-hybridized carbons (Fsp3) is 0.857. The Balaban J connectivity index is 1.73. The maximum absolute atomic E-state index is 11.7. The van der Waals surface area contributed by atoms with E-state index in [0.717, 1.165) is 32.1 Å². The molecule has 0 radical (unpaired) electrons. The smallest absolute Gasteiger partial charge is 0.306 e. The lowest BCUT2D eigenvalue weighted by Gasteiger charge is -2.61. The highest BCUT2D eigenvalue weighted by Crippen LogP contribution is 2.66. The van der Waals surface area contributed by atoms with Crippen molar-refractivity contribution < 1.29 is 19.1 Å². The molecule has 4 aliphatic carbocycles. The fourth-order valence-corrected chi connectivity index (χ4v) is 5.57. The Morgan fingerprint density at radius 1 is 1.39 bits per heavy atom. The third-order valence-electron chi connectivity index (χ3n) is 5.45. The van der Waals surface area contributed by atoms with Crippen LogP contribution in [0.1, 0.15) is 45.4 Å². The lowest BCUT2D eigenvalue weighted by atomic mass is 9.46. The lowest BCUT2D eigenvalue weighted by molar-refractivity contribution is -0.221. The highest BCUT2D eigenvalue weighted by atomic mass is 16.6. The van der Waals surface area contributed by atoms with E-state index in [0.29, 0.717) is 18.3 Å². The van der Waals surface area contributed by atoms with E-state index in [4.69, 9.17) is 9.47 Å². The molecule has 4 saturated carbocycles. The van der Waals surface area contributed by atoms with Crippen LogP contribution < -0.4 is 0 Å². The van der Waals surface area contributed by atoms with Gasteiger partial charge in [-0.25, -0.2) is 0 Å². The van der Waals surface area contributed by atoms with Crippen molar-refractivity contribution in [3.8, 4) is 0 Å². The summed E-state index contributed by atoms with van der Waals surface area (Å²) in [5, 5.41) is 0. The molecule has 4 heteroatoms. The molecule has 0 aromatic heterocycles. The van der Waals surface area contributed by atoms with E-state index >= 15 is 0 Å². The molecule has 4 nitrogen and oxygen atoms in total. The number of carbonyl (C=O) groups excluding carboxylic acids is 2. The summed E-state index contributed by atoms with van der Waals surface area (Å²) in [6, 6.07) is 0. The average Bonchev–Trinajstić information content (AvgIpc) is 2.51. The molecule has 18 heavy (non-hydrogen) atoms. The highest BCUT2D eigenvalue weighted by molar-refractivity contribution is 5.74. The number of carbonyl (C=O) groups is 2. The van der Waals surface area contributed by atoms with Crippen LogP contribution in [0.15, 0.2) is 0 Å². The molecule has 0 amide bonds. The number of esters is 2. The van der Waals surface area contributed by atoms with Gasteiger partial charge in [-0.15, -0.1) is 0 Å². The van der Waals surface area contributed by atoms with Crippen LogP contribution in [0.25, 0.3) is 0 Å². The van der Waals surface area contributed by atoms with E-state index in [1.54, 1.807) is 0 Å². The van der Waals surface area contributed by atoms with E-state index in [9.17, 15) is 9.59 Å². The molecule has 0 aromatic rings. The van der Waals surface area contributed by atoms with E-state index in [1.807, 2.05) is 0 Å². The zero-order valence-corrected chi connectivity index (χ0v) is 10.6. The second-order valence-corrected chi connectivity index (χ2v) is 6.88. The Bertz CT molecular complexity index is 445. The Morgan fingerprint density at radius 2 is 2.22 bits per heavy atom. The lowest BCUT2D eigenvalue weighted by Crippen LogP contribution is -2.62. The summed E-state index contributed by atoms with van der Waals surface area (Å²) in [6.45, 7) is 1.49. The normalized spacial score (nSPS) is 52.1. The first-order valence-electron chi connectivity index (χ1n) is 6.89. The molecule has 5 fully saturated rings. The maximum atomic E-state index is 11.7. The van der Waals surface area contributed by atoms with Crippen molar-refractivity contribution >= 4 is 11.9 Å². The molecule has 0 N–H and O–H groups in total. The van der Waals surface area contributed by atoms with Gasteiger partial charge in [0, 0.05) is 18.3 Å². The molecule has 1 saturated heterocycles. The number of rotatable bonds is 1. The first-order valence-corrected chi connectivity index (χ1v) is 6.89. The van der Waals surface area contributed by atoms with Crippen molar-refractivity contribution in [2.24, 2.45) is 17.3 Å². The molecule has 1 spiro atoms. The summed E-state index contributed by atoms with van der Waals surface area (Å²) >= 11 is 0. The van der Waals surface area contributed by atoms with Gasteiger partial charge in [0.25, 0.3) is 0 Å². The van der Waals surface area contributed by atoms with Crippen LogP contribution in [0.3, 0.4) is 0 Å². The topological polar surface area (TPSA) is 52.6 Å². The van der Waals surface area contributed by atoms with Gasteiger partial charge in [-0.05, 0) is 38.0 Å². The zero-order valence-electron chi connectivity index (χ0n) is 10.6. The minimum absolute atomic E-state index is 0.0172. The summed E-state index contributed by atoms with van der Waals surface area (Å²) in [6.07, 6.45) is 5.59. The molecule has 5 aliphatic rings. The molecular formula is C14H18O4. The van der Waals surface area contributed by atoms with Gasteiger partial charge in [0.05, 0.1) is 6.42 Å². The standard InChI is InChI=1S/C14H18O4/c1-8(15)18-14-4-9-2-10(5-14)12-13(3-9,7-14)6-11(16)17-12/h9-10,12H,2-7H2,1H3/t9?,10?,12-,13?,14?/m1/s1. The van der Waals surface area contributed by atoms with E-state index in [2.05, 4.69) is 0 Å². The summed E-state index contributed by atoms with van der Waals surface area (Å²) < 4.78 is 11.2. The highest BCUT2D eigenvalue weighted by Gasteiger charge is 2.68. The van der Waals surface area contributed by atoms with Crippen LogP contribution >= 0.6 is 0 Å². The summed E-state index contributed by atoms with van der Waals surface area (Å²) in [7, 11) is 0. The fourth-order valence-electron chi connectivity index (χ4n) is 5.57. The van der Waals surface area contributed by atoms with Crippen LogP contribution in [0, 0.1) is 17.3 Å². The quantitative estimate of drug-likeness (QED) is 0.666. The predicted molar refractivity (Wildman–Crippen MR) is 61.5 cm³/mol. The van der Waals surface area contributed by atoms with Crippen LogP contribution in [-0.4, -0.2) is 23.6 Å². The Kier molecular flexibility index (Phi) is 1.86. The van der Waals surface area contributed by atoms with Crippen molar-refractivity contribution in [2.45, 2.75) is 57.2 Å². The van der Waals surface area contributed by atoms with E-state index < -0.39 is 0 Å². The van der Waals surface area contributed by atoms with Gasteiger partial charge in [0.1, 0.15) is 11.7 Å². The monoisotopic (exact) mass is 250 g/mol. The van der Waals surface area contributed by atoms with Gasteiger partial charge < -0.3 is 9.47 Å². The molecular weight excluding hydrogens is 232 g/mol. The summed E-state index contributed by atoms with van der Waals surface area (Å²) in [5.41, 5.74) is -0.307. The molecule has 4 bridgehead atoms. The van der Waals surface area contributed by atoms with Gasteiger partial charge in [0.15, 0.2) is 0 Å². The number of hydrogen-bond donors (Lipinski definition) is 0. The maximum Gasteiger partial charge on any atom is 0.306 e. The second kappa shape index (κ2) is 3.09. The van der Waals surface area contributed by atoms with Crippen molar-refractivity contribution in [1.82, 2.24) is 0 Å². The van der Waals surface area contributed by atoms with E-state index in [-0.39, 0.29) is 29.1 Å². The van der Waals surface area contributed by atoms with Crippen molar-refractivity contribution in [3.63, 3.8) is 0 Å². The average molecular weight is 250 g/mol. The van der Waals surface area contributed by atoms with Crippen molar-refractivity contribution in [1.29, 1.82) is 0 Å². The minimum Gasteiger partial charge on any atom is -0.461 e. The van der Waals surface area contributed by atoms with Crippen LogP contribution in [-0.2, 0) is 19.1 Å². The van der Waals surface area contributed by atoms with Crippen LogP contribution in [0.2, 0.25) is 0 Å². The van der Waals surface area contributed by atoms with Gasteiger partial charge in [-0.2, -0.15) is 0 Å². The molecule has 1 heterocycles. The first kappa shape index (κ1) is 10.8. The van der Waals surface area contributed by atoms with Gasteiger partial charge in [0.2, 0.25) is 0 Å². The summed E-state index contributed by atoms with van der Waals surface area (Å²) in [4.78, 5) is 23.0. The second-order valence-electron chi connectivity index (χ2n) is 6.88. The van der Waals surface area contributed by atoms with Gasteiger partial charge in [-0.3, -0.25) is 9.59 Å². The molecule has 5 rings (SSSR count). The largest absolute Gasteiger partial charge is 0.461 e. The van der Waals surface area contributed by atoms with Crippen LogP contribution in [0.5, 0.6) is 0 Å².